The topological polar surface area (TPSA) is 112 Å². The van der Waals surface area contributed by atoms with Crippen molar-refractivity contribution in [3.8, 4) is 0 Å². The summed E-state index contributed by atoms with van der Waals surface area (Å²) >= 11 is 0. The van der Waals surface area contributed by atoms with Gasteiger partial charge in [0.15, 0.2) is 0 Å². The monoisotopic (exact) mass is 416 g/mol. The highest BCUT2D eigenvalue weighted by Gasteiger charge is 2.20. The van der Waals surface area contributed by atoms with E-state index in [1.165, 1.54) is 17.6 Å². The Morgan fingerprint density at radius 1 is 0.966 bits per heavy atom. The molecule has 10 heteroatoms. The van der Waals surface area contributed by atoms with E-state index in [1.54, 1.807) is 47.6 Å². The molecule has 3 heterocycles. The van der Waals surface area contributed by atoms with E-state index in [0.717, 1.165) is 6.08 Å². The lowest BCUT2D eigenvalue weighted by Crippen LogP contribution is -2.48. The van der Waals surface area contributed by atoms with Crippen molar-refractivity contribution in [2.45, 2.75) is 0 Å². The molecule has 2 N–H and O–H groups in total. The predicted molar refractivity (Wildman–Crippen MR) is 110 cm³/mol. The van der Waals surface area contributed by atoms with E-state index in [-0.39, 0.29) is 18.3 Å². The van der Waals surface area contributed by atoms with Crippen LogP contribution < -0.4 is 10.4 Å². The fourth-order valence-corrected chi connectivity index (χ4v) is 2.70. The number of amides is 2. The van der Waals surface area contributed by atoms with E-state index in [1.807, 2.05) is 4.90 Å². The van der Waals surface area contributed by atoms with E-state index in [9.17, 15) is 9.59 Å². The number of hydrogen-bond donors (Lipinski definition) is 2. The van der Waals surface area contributed by atoms with Gasteiger partial charge < -0.3 is 9.80 Å². The summed E-state index contributed by atoms with van der Waals surface area (Å²) in [5, 5.41) is 8.48. The molecule has 1 aliphatic heterocycles. The van der Waals surface area contributed by atoms with Crippen LogP contribution in [0.3, 0.4) is 0 Å². The first-order valence-corrected chi connectivity index (χ1v) is 8.74. The second-order valence-electron chi connectivity index (χ2n) is 5.99. The number of hydrogen-bond acceptors (Lipinski definition) is 7. The lowest BCUT2D eigenvalue weighted by atomic mass is 10.2. The van der Waals surface area contributed by atoms with Crippen molar-refractivity contribution in [1.82, 2.24) is 25.3 Å². The molecule has 0 saturated carbocycles. The molecule has 0 atom stereocenters. The Morgan fingerprint density at radius 3 is 2.21 bits per heavy atom. The van der Waals surface area contributed by atoms with Crippen LogP contribution in [0, 0.1) is 0 Å². The van der Waals surface area contributed by atoms with Crippen LogP contribution in [0.4, 0.5) is 5.95 Å². The summed E-state index contributed by atoms with van der Waals surface area (Å²) in [5.41, 5.74) is 2.64. The van der Waals surface area contributed by atoms with Crippen LogP contribution in [0.2, 0.25) is 0 Å². The summed E-state index contributed by atoms with van der Waals surface area (Å²) in [5.74, 6) is -0.0527. The zero-order valence-electron chi connectivity index (χ0n) is 15.5. The van der Waals surface area contributed by atoms with Crippen molar-refractivity contribution >= 4 is 42.3 Å². The number of rotatable bonds is 5. The van der Waals surface area contributed by atoms with Gasteiger partial charge in [0, 0.05) is 50.7 Å². The van der Waals surface area contributed by atoms with Crippen LogP contribution in [-0.4, -0.2) is 63.1 Å². The molecular weight excluding hydrogens is 396 g/mol. The van der Waals surface area contributed by atoms with Gasteiger partial charge in [-0.2, -0.15) is 0 Å². The molecule has 0 radical (unpaired) electrons. The molecule has 2 aromatic heterocycles. The third kappa shape index (κ3) is 6.37. The Labute approximate surface area is 174 Å². The molecule has 0 aromatic carbocycles. The zero-order valence-corrected chi connectivity index (χ0v) is 16.3. The minimum absolute atomic E-state index is 0. The third-order valence-electron chi connectivity index (χ3n) is 4.13. The highest BCUT2D eigenvalue weighted by Crippen LogP contribution is 2.10. The van der Waals surface area contributed by atoms with Crippen molar-refractivity contribution in [3.63, 3.8) is 0 Å². The summed E-state index contributed by atoms with van der Waals surface area (Å²) < 4.78 is 0. The fourth-order valence-electron chi connectivity index (χ4n) is 2.70. The van der Waals surface area contributed by atoms with Crippen LogP contribution in [0.25, 0.3) is 12.2 Å². The van der Waals surface area contributed by atoms with Gasteiger partial charge >= 0.3 is 0 Å². The summed E-state index contributed by atoms with van der Waals surface area (Å²) in [4.78, 5) is 40.0. The summed E-state index contributed by atoms with van der Waals surface area (Å²) in [7, 11) is 0. The zero-order chi connectivity index (χ0) is 19.8. The molecular formula is C19H21ClN6O3. The molecule has 2 aromatic rings. The maximum atomic E-state index is 12.4. The Kier molecular flexibility index (Phi) is 8.26. The number of nitrogens with zero attached hydrogens (tertiary/aromatic N) is 5. The Morgan fingerprint density at radius 2 is 1.59 bits per heavy atom. The van der Waals surface area contributed by atoms with Crippen molar-refractivity contribution in [2.75, 3.05) is 31.1 Å². The number of pyridine rings is 1. The molecule has 1 aliphatic rings. The minimum atomic E-state index is -0.641. The van der Waals surface area contributed by atoms with Crippen LogP contribution in [0.5, 0.6) is 0 Å². The third-order valence-corrected chi connectivity index (χ3v) is 4.13. The molecule has 152 valence electrons. The number of piperazine rings is 1. The van der Waals surface area contributed by atoms with Crippen molar-refractivity contribution < 1.29 is 14.8 Å². The first-order chi connectivity index (χ1) is 13.7. The van der Waals surface area contributed by atoms with Gasteiger partial charge in [-0.25, -0.2) is 20.4 Å². The van der Waals surface area contributed by atoms with Crippen molar-refractivity contribution in [3.05, 3.63) is 60.2 Å². The number of nitrogens with one attached hydrogen (secondary N) is 1. The van der Waals surface area contributed by atoms with E-state index < -0.39 is 5.91 Å². The number of carbonyl (C=O) groups is 2. The average molecular weight is 417 g/mol. The number of halogens is 1. The smallest absolute Gasteiger partial charge is 0.267 e. The lowest BCUT2D eigenvalue weighted by molar-refractivity contribution is -0.126. The molecule has 2 amide bonds. The molecule has 0 aliphatic carbocycles. The molecule has 0 unspecified atom stereocenters. The molecule has 0 spiro atoms. The highest BCUT2D eigenvalue weighted by molar-refractivity contribution is 5.92. The SMILES string of the molecule is Cl.O=C(/C=C/c1cccc(/C=C/C(=O)N2CCN(c3ncccn3)CC2)n1)NO. The van der Waals surface area contributed by atoms with Crippen molar-refractivity contribution in [2.24, 2.45) is 0 Å². The number of aromatic nitrogens is 3. The quantitative estimate of drug-likeness (QED) is 0.427. The molecule has 0 bridgehead atoms. The van der Waals surface area contributed by atoms with Gasteiger partial charge in [0.2, 0.25) is 11.9 Å². The van der Waals surface area contributed by atoms with E-state index in [2.05, 4.69) is 15.0 Å². The standard InChI is InChI=1S/C19H20N6O3.ClH/c26-17(23-28)7-5-15-3-1-4-16(22-15)6-8-18(27)24-11-13-25(14-12-24)19-20-9-2-10-21-19;/h1-10,28H,11-14H2,(H,23,26);1H/b7-5+,8-6+;. The second kappa shape index (κ2) is 10.9. The van der Waals surface area contributed by atoms with Crippen LogP contribution in [0.15, 0.2) is 48.8 Å². The summed E-state index contributed by atoms with van der Waals surface area (Å²) in [6.07, 6.45) is 9.17. The van der Waals surface area contributed by atoms with E-state index >= 15 is 0 Å². The van der Waals surface area contributed by atoms with E-state index in [4.69, 9.17) is 5.21 Å². The average Bonchev–Trinajstić information content (AvgIpc) is 2.76. The van der Waals surface area contributed by atoms with Gasteiger partial charge in [0.1, 0.15) is 0 Å². The first kappa shape index (κ1) is 22.0. The number of hydroxylamine groups is 1. The van der Waals surface area contributed by atoms with Crippen LogP contribution >= 0.6 is 12.4 Å². The molecule has 1 fully saturated rings. The predicted octanol–water partition coefficient (Wildman–Crippen LogP) is 1.17. The molecule has 1 saturated heterocycles. The first-order valence-electron chi connectivity index (χ1n) is 8.74. The van der Waals surface area contributed by atoms with Gasteiger partial charge in [-0.3, -0.25) is 14.8 Å². The number of anilines is 1. The normalized spacial score (nSPS) is 14.1. The number of carbonyl (C=O) groups excluding carboxylic acids is 2. The van der Waals surface area contributed by atoms with Gasteiger partial charge in [0.25, 0.3) is 5.91 Å². The van der Waals surface area contributed by atoms with Gasteiger partial charge in [-0.1, -0.05) is 6.07 Å². The summed E-state index contributed by atoms with van der Waals surface area (Å²) in [6.45, 7) is 2.53. The Hall–Kier alpha value is -3.30. The van der Waals surface area contributed by atoms with Gasteiger partial charge in [-0.05, 0) is 30.4 Å². The van der Waals surface area contributed by atoms with Gasteiger partial charge in [-0.15, -0.1) is 12.4 Å². The van der Waals surface area contributed by atoms with E-state index in [0.29, 0.717) is 43.5 Å². The van der Waals surface area contributed by atoms with Crippen molar-refractivity contribution in [1.29, 1.82) is 0 Å². The lowest BCUT2D eigenvalue weighted by Gasteiger charge is -2.34. The largest absolute Gasteiger partial charge is 0.337 e. The van der Waals surface area contributed by atoms with Crippen LogP contribution in [0.1, 0.15) is 11.4 Å². The fraction of sp³-hybridized carbons (Fsp3) is 0.211. The second-order valence-corrected chi connectivity index (χ2v) is 5.99. The minimum Gasteiger partial charge on any atom is -0.337 e. The Bertz CT molecular complexity index is 883. The maximum absolute atomic E-state index is 12.4. The molecule has 29 heavy (non-hydrogen) atoms. The Balaban J connectivity index is 0.00000300. The van der Waals surface area contributed by atoms with Gasteiger partial charge in [0.05, 0.1) is 11.4 Å². The maximum Gasteiger partial charge on any atom is 0.267 e. The van der Waals surface area contributed by atoms with Crippen LogP contribution in [-0.2, 0) is 9.59 Å². The molecule has 9 nitrogen and oxygen atoms in total. The highest BCUT2D eigenvalue weighted by atomic mass is 35.5. The molecule has 3 rings (SSSR count). The summed E-state index contributed by atoms with van der Waals surface area (Å²) in [6, 6.07) is 7.02.